The Morgan fingerprint density at radius 1 is 0.344 bits per heavy atom. The smallest absolute Gasteiger partial charge is 0.411 e. The van der Waals surface area contributed by atoms with Crippen molar-refractivity contribution >= 4 is 39.9 Å². The van der Waals surface area contributed by atoms with Crippen LogP contribution in [-0.4, -0.2) is 40.7 Å². The first-order chi connectivity index (χ1) is 29.5. The Hall–Kier alpha value is -7.45. The number of aromatic hydroxyl groups is 2. The molecular formula is C43H36F12N6O3. The van der Waals surface area contributed by atoms with Gasteiger partial charge in [-0.25, -0.2) is 0 Å². The van der Waals surface area contributed by atoms with Crippen LogP contribution in [0, 0.1) is 0 Å². The van der Waals surface area contributed by atoms with Gasteiger partial charge in [0.1, 0.15) is 11.5 Å². The first-order valence-electron chi connectivity index (χ1n) is 17.9. The molecule has 64 heavy (non-hydrogen) atoms. The predicted molar refractivity (Wildman–Crippen MR) is 218 cm³/mol. The van der Waals surface area contributed by atoms with Crippen LogP contribution >= 0.6 is 0 Å². The zero-order valence-electron chi connectivity index (χ0n) is 32.5. The van der Waals surface area contributed by atoms with E-state index in [0.29, 0.717) is 58.9 Å². The third-order valence-electron chi connectivity index (χ3n) is 9.66. The van der Waals surface area contributed by atoms with E-state index < -0.39 is 80.7 Å². The van der Waals surface area contributed by atoms with Gasteiger partial charge in [0.15, 0.2) is 5.78 Å². The number of phenols is 2. The summed E-state index contributed by atoms with van der Waals surface area (Å²) in [7, 11) is 0. The molecule has 0 amide bonds. The second-order valence-electron chi connectivity index (χ2n) is 13.9. The number of anilines is 6. The molecule has 0 saturated carbocycles. The highest BCUT2D eigenvalue weighted by Gasteiger charge is 2.73. The Morgan fingerprint density at radius 2 is 0.562 bits per heavy atom. The highest BCUT2D eigenvalue weighted by Crippen LogP contribution is 2.58. The van der Waals surface area contributed by atoms with Crippen molar-refractivity contribution in [2.75, 3.05) is 34.4 Å². The Morgan fingerprint density at radius 3 is 0.797 bits per heavy atom. The molecule has 0 aromatic heterocycles. The topological polar surface area (TPSA) is 214 Å². The normalized spacial score (nSPS) is 12.3. The number of benzene rings is 6. The van der Waals surface area contributed by atoms with E-state index in [2.05, 4.69) is 0 Å². The summed E-state index contributed by atoms with van der Waals surface area (Å²) in [6.07, 6.45) is -22.9. The van der Waals surface area contributed by atoms with Crippen molar-refractivity contribution in [2.24, 2.45) is 0 Å². The van der Waals surface area contributed by atoms with Crippen molar-refractivity contribution in [3.8, 4) is 11.5 Å². The lowest BCUT2D eigenvalue weighted by Crippen LogP contribution is -2.54. The Kier molecular flexibility index (Phi) is 13.9. The Labute approximate surface area is 355 Å². The second kappa shape index (κ2) is 18.1. The fourth-order valence-electron chi connectivity index (χ4n) is 6.44. The maximum Gasteiger partial charge on any atom is 0.411 e. The van der Waals surface area contributed by atoms with E-state index in [1.54, 1.807) is 48.5 Å². The van der Waals surface area contributed by atoms with Crippen LogP contribution in [0.2, 0.25) is 0 Å². The molecule has 0 heterocycles. The van der Waals surface area contributed by atoms with Crippen molar-refractivity contribution in [3.63, 3.8) is 0 Å². The van der Waals surface area contributed by atoms with Gasteiger partial charge in [-0.2, -0.15) is 52.7 Å². The molecular weight excluding hydrogens is 876 g/mol. The predicted octanol–water partition coefficient (Wildman–Crippen LogP) is 10.0. The summed E-state index contributed by atoms with van der Waals surface area (Å²) in [4.78, 5) is 12.0. The number of hydrogen-bond acceptors (Lipinski definition) is 9. The van der Waals surface area contributed by atoms with Gasteiger partial charge in [0.2, 0.25) is 10.8 Å². The largest absolute Gasteiger partial charge is 0.506 e. The second-order valence-corrected chi connectivity index (χ2v) is 13.9. The Bertz CT molecular complexity index is 2370. The van der Waals surface area contributed by atoms with E-state index in [-0.39, 0.29) is 17.2 Å². The SMILES string of the molecule is Nc1cc(C(c2ccc(O)c(N)c2)(C(F)(F)F)C(F)(F)F)ccc1O.Nc1ccc(C(=O)c2ccc(N)cc2)cc1.Nc1ccc(C(c2ccc(N)cc2)(C(F)(F)F)C(F)(F)F)cc1. The van der Waals surface area contributed by atoms with E-state index in [4.69, 9.17) is 34.4 Å². The molecule has 6 rings (SSSR count). The molecule has 0 aliphatic rings. The molecule has 0 bridgehead atoms. The van der Waals surface area contributed by atoms with Crippen molar-refractivity contribution in [1.29, 1.82) is 0 Å². The molecule has 9 nitrogen and oxygen atoms in total. The molecule has 0 radical (unpaired) electrons. The van der Waals surface area contributed by atoms with Crippen LogP contribution in [0.3, 0.4) is 0 Å². The fourth-order valence-corrected chi connectivity index (χ4v) is 6.44. The first-order valence-corrected chi connectivity index (χ1v) is 17.9. The average Bonchev–Trinajstić information content (AvgIpc) is 3.18. The minimum atomic E-state index is -5.82. The summed E-state index contributed by atoms with van der Waals surface area (Å²) in [6, 6.07) is 23.7. The first kappa shape index (κ1) is 49.2. The third-order valence-corrected chi connectivity index (χ3v) is 9.66. The number of ketones is 1. The number of phenolic OH excluding ortho intramolecular Hbond substituents is 2. The van der Waals surface area contributed by atoms with Gasteiger partial charge in [-0.1, -0.05) is 36.4 Å². The summed E-state index contributed by atoms with van der Waals surface area (Å²) in [5.74, 6) is -1.35. The van der Waals surface area contributed by atoms with Gasteiger partial charge >= 0.3 is 24.7 Å². The number of alkyl halides is 12. The highest BCUT2D eigenvalue weighted by atomic mass is 19.4. The molecule has 6 aromatic rings. The van der Waals surface area contributed by atoms with Crippen LogP contribution in [0.5, 0.6) is 11.5 Å². The zero-order valence-corrected chi connectivity index (χ0v) is 32.5. The number of carbonyl (C=O) groups is 1. The van der Waals surface area contributed by atoms with Crippen molar-refractivity contribution in [1.82, 2.24) is 0 Å². The lowest BCUT2D eigenvalue weighted by Gasteiger charge is -2.38. The molecule has 0 fully saturated rings. The lowest BCUT2D eigenvalue weighted by molar-refractivity contribution is -0.290. The van der Waals surface area contributed by atoms with E-state index in [1.807, 2.05) is 0 Å². The van der Waals surface area contributed by atoms with Crippen LogP contribution in [0.1, 0.15) is 38.2 Å². The molecule has 0 atom stereocenters. The Balaban J connectivity index is 0.000000215. The minimum absolute atomic E-state index is 0.0278. The highest BCUT2D eigenvalue weighted by molar-refractivity contribution is 6.09. The van der Waals surface area contributed by atoms with Crippen molar-refractivity contribution in [2.45, 2.75) is 35.5 Å². The molecule has 0 aliphatic heterocycles. The van der Waals surface area contributed by atoms with E-state index in [1.165, 1.54) is 0 Å². The molecule has 0 spiro atoms. The number of rotatable bonds is 6. The fraction of sp³-hybridized carbons (Fsp3) is 0.140. The van der Waals surface area contributed by atoms with Crippen molar-refractivity contribution in [3.05, 3.63) is 167 Å². The monoisotopic (exact) mass is 912 g/mol. The summed E-state index contributed by atoms with van der Waals surface area (Å²) in [5, 5.41) is 18.7. The summed E-state index contributed by atoms with van der Waals surface area (Å²) in [5.41, 5.74) is 20.8. The molecule has 21 heteroatoms. The van der Waals surface area contributed by atoms with Gasteiger partial charge in [-0.15, -0.1) is 0 Å². The van der Waals surface area contributed by atoms with Crippen LogP contribution in [0.25, 0.3) is 0 Å². The number of nitrogens with two attached hydrogens (primary N) is 6. The molecule has 0 aliphatic carbocycles. The molecule has 6 aromatic carbocycles. The van der Waals surface area contributed by atoms with Gasteiger partial charge in [-0.3, -0.25) is 4.79 Å². The average molecular weight is 913 g/mol. The summed E-state index contributed by atoms with van der Waals surface area (Å²) in [6.45, 7) is 0. The maximum atomic E-state index is 13.8. The molecule has 340 valence electrons. The molecule has 14 N–H and O–H groups in total. The van der Waals surface area contributed by atoms with Crippen molar-refractivity contribution < 1.29 is 67.7 Å². The quantitative estimate of drug-likeness (QED) is 0.0345. The lowest BCUT2D eigenvalue weighted by atomic mass is 9.72. The molecule has 0 saturated heterocycles. The number of nitrogen functional groups attached to an aromatic ring is 6. The van der Waals surface area contributed by atoms with Gasteiger partial charge in [0.05, 0.1) is 11.4 Å². The number of hydrogen-bond donors (Lipinski definition) is 8. The van der Waals surface area contributed by atoms with Crippen LogP contribution < -0.4 is 34.4 Å². The van der Waals surface area contributed by atoms with Gasteiger partial charge in [0, 0.05) is 33.9 Å². The standard InChI is InChI=1S/C15H12F6N2O2.C15H12F6N2.C13H12N2O/c16-14(17,18)13(15(19,20)21,7-1-3-11(24)9(22)5-7)8-2-4-12(25)10(23)6-8;16-14(17,18)13(15(19,20)21,9-1-5-11(22)6-2-9)10-3-7-12(23)8-4-10;14-11-5-1-9(2-6-11)13(16)10-3-7-12(15)8-4-10/h1-6,24-25H,22-23H2;1-8H,22-23H2;1-8H,14-15H2. The van der Waals surface area contributed by atoms with Gasteiger partial charge < -0.3 is 44.6 Å². The van der Waals surface area contributed by atoms with Gasteiger partial charge in [-0.05, 0) is 119 Å². The van der Waals surface area contributed by atoms with Crippen LogP contribution in [-0.2, 0) is 10.8 Å². The summed E-state index contributed by atoms with van der Waals surface area (Å²) < 4.78 is 165. The molecule has 0 unspecified atom stereocenters. The van der Waals surface area contributed by atoms with E-state index >= 15 is 0 Å². The zero-order chi connectivity index (χ0) is 48.2. The van der Waals surface area contributed by atoms with Crippen LogP contribution in [0.15, 0.2) is 133 Å². The van der Waals surface area contributed by atoms with E-state index in [9.17, 15) is 67.7 Å². The third kappa shape index (κ3) is 9.77. The summed E-state index contributed by atoms with van der Waals surface area (Å²) >= 11 is 0. The number of carbonyl (C=O) groups excluding carboxylic acids is 1. The van der Waals surface area contributed by atoms with Gasteiger partial charge in [0.25, 0.3) is 0 Å². The minimum Gasteiger partial charge on any atom is -0.506 e. The maximum absolute atomic E-state index is 13.8. The number of halogens is 12. The van der Waals surface area contributed by atoms with E-state index in [0.717, 1.165) is 48.5 Å². The van der Waals surface area contributed by atoms with Crippen LogP contribution in [0.4, 0.5) is 86.8 Å².